The third-order valence-corrected chi connectivity index (χ3v) is 3.20. The molecular weight excluding hydrogens is 292 g/mol. The second-order valence-corrected chi connectivity index (χ2v) is 5.40. The highest BCUT2D eigenvalue weighted by molar-refractivity contribution is 5.93. The highest BCUT2D eigenvalue weighted by atomic mass is 16.5. The molecule has 1 amide bonds. The number of ether oxygens (including phenoxy) is 1. The van der Waals surface area contributed by atoms with E-state index in [1.54, 1.807) is 7.11 Å². The van der Waals surface area contributed by atoms with Crippen molar-refractivity contribution in [3.63, 3.8) is 0 Å². The molecule has 0 saturated carbocycles. The van der Waals surface area contributed by atoms with Crippen LogP contribution in [0, 0.1) is 13.8 Å². The van der Waals surface area contributed by atoms with E-state index in [1.165, 1.54) is 23.5 Å². The van der Waals surface area contributed by atoms with Gasteiger partial charge in [0.15, 0.2) is 0 Å². The fourth-order valence-electron chi connectivity index (χ4n) is 2.21. The molecule has 0 aliphatic heterocycles. The van der Waals surface area contributed by atoms with Gasteiger partial charge in [-0.25, -0.2) is 9.97 Å². The van der Waals surface area contributed by atoms with Crippen molar-refractivity contribution in [1.82, 2.24) is 15.3 Å². The number of methoxy groups -OCH3 is 1. The Bertz CT molecular complexity index is 636. The fraction of sp³-hybridized carbons (Fsp3) is 0.353. The molecule has 0 bridgehead atoms. The van der Waals surface area contributed by atoms with Crippen LogP contribution in [-0.4, -0.2) is 36.1 Å². The van der Waals surface area contributed by atoms with Crippen molar-refractivity contribution in [2.24, 2.45) is 0 Å². The summed E-state index contributed by atoms with van der Waals surface area (Å²) >= 11 is 0. The van der Waals surface area contributed by atoms with Crippen molar-refractivity contribution in [3.05, 3.63) is 47.3 Å². The second kappa shape index (κ2) is 8.24. The second-order valence-electron chi connectivity index (χ2n) is 5.40. The molecule has 1 aromatic heterocycles. The van der Waals surface area contributed by atoms with Crippen LogP contribution < -0.4 is 10.6 Å². The molecule has 2 N–H and O–H groups in total. The number of carbonyl (C=O) groups is 1. The molecule has 6 heteroatoms. The molecule has 0 aliphatic rings. The summed E-state index contributed by atoms with van der Waals surface area (Å²) in [6.45, 7) is 5.26. The molecule has 0 saturated heterocycles. The zero-order chi connectivity index (χ0) is 16.7. The lowest BCUT2D eigenvalue weighted by Crippen LogP contribution is -2.25. The van der Waals surface area contributed by atoms with Crippen LogP contribution in [0.5, 0.6) is 0 Å². The van der Waals surface area contributed by atoms with Gasteiger partial charge in [-0.15, -0.1) is 0 Å². The van der Waals surface area contributed by atoms with Gasteiger partial charge in [0.2, 0.25) is 5.95 Å². The average molecular weight is 314 g/mol. The molecule has 0 radical (unpaired) electrons. The number of hydrogen-bond acceptors (Lipinski definition) is 5. The van der Waals surface area contributed by atoms with Crippen molar-refractivity contribution >= 4 is 17.5 Å². The first-order valence-corrected chi connectivity index (χ1v) is 7.53. The van der Waals surface area contributed by atoms with Gasteiger partial charge in [0.25, 0.3) is 5.91 Å². The predicted molar refractivity (Wildman–Crippen MR) is 90.1 cm³/mol. The average Bonchev–Trinajstić information content (AvgIpc) is 2.51. The highest BCUT2D eigenvalue weighted by Crippen LogP contribution is 2.16. The first-order chi connectivity index (χ1) is 11.1. The summed E-state index contributed by atoms with van der Waals surface area (Å²) < 4.78 is 4.93. The number of amides is 1. The molecule has 0 fully saturated rings. The van der Waals surface area contributed by atoms with E-state index >= 15 is 0 Å². The van der Waals surface area contributed by atoms with Crippen LogP contribution in [0.25, 0.3) is 0 Å². The van der Waals surface area contributed by atoms with E-state index in [0.717, 1.165) is 12.1 Å². The van der Waals surface area contributed by atoms with E-state index in [2.05, 4.69) is 26.7 Å². The van der Waals surface area contributed by atoms with E-state index in [-0.39, 0.29) is 5.91 Å². The quantitative estimate of drug-likeness (QED) is 0.768. The number of aromatic nitrogens is 2. The maximum atomic E-state index is 11.9. The summed E-state index contributed by atoms with van der Waals surface area (Å²) in [5.74, 6) is 0.282. The lowest BCUT2D eigenvalue weighted by atomic mass is 10.1. The number of rotatable bonds is 7. The van der Waals surface area contributed by atoms with Gasteiger partial charge in [-0.1, -0.05) is 6.07 Å². The van der Waals surface area contributed by atoms with Gasteiger partial charge in [0, 0.05) is 38.3 Å². The normalized spacial score (nSPS) is 10.4. The van der Waals surface area contributed by atoms with Crippen LogP contribution in [0.3, 0.4) is 0 Å². The standard InChI is InChI=1S/C17H22N4O2/c1-12-7-13(2)9-15(8-12)21-17-19-10-14(11-20-17)16(22)18-5-4-6-23-3/h7-11H,4-6H2,1-3H3,(H,18,22)(H,19,20,21). The molecule has 2 aromatic rings. The Morgan fingerprint density at radius 3 is 2.39 bits per heavy atom. The van der Waals surface area contributed by atoms with E-state index in [0.29, 0.717) is 24.7 Å². The Kier molecular flexibility index (Phi) is 6.05. The first kappa shape index (κ1) is 16.9. The zero-order valence-electron chi connectivity index (χ0n) is 13.7. The Morgan fingerprint density at radius 2 is 1.78 bits per heavy atom. The minimum atomic E-state index is -0.181. The van der Waals surface area contributed by atoms with Crippen LogP contribution in [0.4, 0.5) is 11.6 Å². The molecule has 2 rings (SSSR count). The summed E-state index contributed by atoms with van der Waals surface area (Å²) in [5, 5.41) is 5.94. The summed E-state index contributed by atoms with van der Waals surface area (Å²) in [7, 11) is 1.64. The predicted octanol–water partition coefficient (Wildman–Crippen LogP) is 2.60. The number of anilines is 2. The molecule has 0 aliphatic carbocycles. The van der Waals surface area contributed by atoms with E-state index in [4.69, 9.17) is 4.74 Å². The summed E-state index contributed by atoms with van der Waals surface area (Å²) in [6.07, 6.45) is 3.81. The minimum absolute atomic E-state index is 0.181. The first-order valence-electron chi connectivity index (χ1n) is 7.53. The van der Waals surface area contributed by atoms with E-state index < -0.39 is 0 Å². The third-order valence-electron chi connectivity index (χ3n) is 3.20. The molecule has 0 spiro atoms. The van der Waals surface area contributed by atoms with Gasteiger partial charge in [0.05, 0.1) is 5.56 Å². The fourth-order valence-corrected chi connectivity index (χ4v) is 2.21. The number of nitrogens with zero attached hydrogens (tertiary/aromatic N) is 2. The lowest BCUT2D eigenvalue weighted by molar-refractivity contribution is 0.0948. The molecule has 6 nitrogen and oxygen atoms in total. The van der Waals surface area contributed by atoms with Crippen LogP contribution in [0.15, 0.2) is 30.6 Å². The third kappa shape index (κ3) is 5.34. The van der Waals surface area contributed by atoms with Crippen LogP contribution in [-0.2, 0) is 4.74 Å². The Hall–Kier alpha value is -2.47. The van der Waals surface area contributed by atoms with Gasteiger partial charge in [-0.3, -0.25) is 4.79 Å². The Labute approximate surface area is 136 Å². The molecule has 1 aromatic carbocycles. The van der Waals surface area contributed by atoms with E-state index in [9.17, 15) is 4.79 Å². The number of hydrogen-bond donors (Lipinski definition) is 2. The summed E-state index contributed by atoms with van der Waals surface area (Å²) in [4.78, 5) is 20.3. The molecule has 0 atom stereocenters. The monoisotopic (exact) mass is 314 g/mol. The van der Waals surface area contributed by atoms with Gasteiger partial charge < -0.3 is 15.4 Å². The highest BCUT2D eigenvalue weighted by Gasteiger charge is 2.07. The van der Waals surface area contributed by atoms with Crippen molar-refractivity contribution < 1.29 is 9.53 Å². The van der Waals surface area contributed by atoms with E-state index in [1.807, 2.05) is 26.0 Å². The Balaban J connectivity index is 1.95. The maximum absolute atomic E-state index is 11.9. The minimum Gasteiger partial charge on any atom is -0.385 e. The van der Waals surface area contributed by atoms with Gasteiger partial charge in [0.1, 0.15) is 0 Å². The van der Waals surface area contributed by atoms with Crippen LogP contribution >= 0.6 is 0 Å². The smallest absolute Gasteiger partial charge is 0.254 e. The lowest BCUT2D eigenvalue weighted by Gasteiger charge is -2.08. The molecular formula is C17H22N4O2. The number of benzene rings is 1. The van der Waals surface area contributed by atoms with Crippen molar-refractivity contribution in [2.45, 2.75) is 20.3 Å². The summed E-state index contributed by atoms with van der Waals surface area (Å²) in [6, 6.07) is 6.14. The number of nitrogens with one attached hydrogen (secondary N) is 2. The van der Waals surface area contributed by atoms with Crippen molar-refractivity contribution in [2.75, 3.05) is 25.6 Å². The molecule has 0 unspecified atom stereocenters. The molecule has 122 valence electrons. The van der Waals surface area contributed by atoms with Crippen LogP contribution in [0.2, 0.25) is 0 Å². The Morgan fingerprint density at radius 1 is 1.13 bits per heavy atom. The topological polar surface area (TPSA) is 76.1 Å². The van der Waals surface area contributed by atoms with Crippen molar-refractivity contribution in [1.29, 1.82) is 0 Å². The largest absolute Gasteiger partial charge is 0.385 e. The molecule has 1 heterocycles. The zero-order valence-corrected chi connectivity index (χ0v) is 13.7. The number of aryl methyl sites for hydroxylation is 2. The maximum Gasteiger partial charge on any atom is 0.254 e. The van der Waals surface area contributed by atoms with Crippen molar-refractivity contribution in [3.8, 4) is 0 Å². The SMILES string of the molecule is COCCCNC(=O)c1cnc(Nc2cc(C)cc(C)c2)nc1. The van der Waals surface area contributed by atoms with Gasteiger partial charge in [-0.2, -0.15) is 0 Å². The van der Waals surface area contributed by atoms with Crippen LogP contribution in [0.1, 0.15) is 27.9 Å². The van der Waals surface area contributed by atoms with Gasteiger partial charge in [-0.05, 0) is 43.5 Å². The van der Waals surface area contributed by atoms with Gasteiger partial charge >= 0.3 is 0 Å². The summed E-state index contributed by atoms with van der Waals surface area (Å²) in [5.41, 5.74) is 3.70. The number of carbonyl (C=O) groups excluding carboxylic acids is 1. The molecule has 23 heavy (non-hydrogen) atoms.